The van der Waals surface area contributed by atoms with Crippen molar-refractivity contribution >= 4 is 0 Å². The van der Waals surface area contributed by atoms with Crippen LogP contribution in [0.3, 0.4) is 0 Å². The van der Waals surface area contributed by atoms with E-state index in [0.717, 1.165) is 17.7 Å². The van der Waals surface area contributed by atoms with Gasteiger partial charge < -0.3 is 5.73 Å². The number of nitrogens with zero attached hydrogens (tertiary/aromatic N) is 2. The van der Waals surface area contributed by atoms with E-state index in [2.05, 4.69) is 47.7 Å². The Bertz CT molecular complexity index is 669. The molecule has 0 unspecified atom stereocenters. The van der Waals surface area contributed by atoms with Crippen molar-refractivity contribution in [2.24, 2.45) is 5.73 Å². The third kappa shape index (κ3) is 2.78. The first-order valence-electron chi connectivity index (χ1n) is 6.71. The van der Waals surface area contributed by atoms with Gasteiger partial charge in [-0.1, -0.05) is 54.6 Å². The van der Waals surface area contributed by atoms with E-state index in [1.165, 1.54) is 11.1 Å². The van der Waals surface area contributed by atoms with E-state index < -0.39 is 0 Å². The Morgan fingerprint density at radius 3 is 2.25 bits per heavy atom. The fraction of sp³-hybridized carbons (Fsp3) is 0.118. The van der Waals surface area contributed by atoms with Gasteiger partial charge in [-0.2, -0.15) is 5.10 Å². The van der Waals surface area contributed by atoms with Gasteiger partial charge in [0.15, 0.2) is 0 Å². The Balaban J connectivity index is 1.77. The molecule has 0 aliphatic rings. The maximum Gasteiger partial charge on any atom is 0.0659 e. The van der Waals surface area contributed by atoms with Crippen LogP contribution in [0, 0.1) is 0 Å². The van der Waals surface area contributed by atoms with Gasteiger partial charge in [0.25, 0.3) is 0 Å². The average Bonchev–Trinajstić information content (AvgIpc) is 2.97. The van der Waals surface area contributed by atoms with Crippen molar-refractivity contribution < 1.29 is 0 Å². The Labute approximate surface area is 118 Å². The smallest absolute Gasteiger partial charge is 0.0659 e. The summed E-state index contributed by atoms with van der Waals surface area (Å²) in [5, 5.41) is 4.42. The van der Waals surface area contributed by atoms with Crippen molar-refractivity contribution in [2.75, 3.05) is 0 Å². The van der Waals surface area contributed by atoms with Gasteiger partial charge in [0.1, 0.15) is 0 Å². The van der Waals surface area contributed by atoms with Crippen LogP contribution in [0.5, 0.6) is 0 Å². The zero-order valence-corrected chi connectivity index (χ0v) is 11.2. The second kappa shape index (κ2) is 5.72. The third-order valence-electron chi connectivity index (χ3n) is 3.34. The van der Waals surface area contributed by atoms with Crippen LogP contribution in [-0.4, -0.2) is 9.78 Å². The van der Waals surface area contributed by atoms with Crippen LogP contribution >= 0.6 is 0 Å². The van der Waals surface area contributed by atoms with Crippen LogP contribution in [0.1, 0.15) is 11.1 Å². The van der Waals surface area contributed by atoms with Crippen molar-refractivity contribution in [2.45, 2.75) is 13.1 Å². The molecule has 0 radical (unpaired) electrons. The van der Waals surface area contributed by atoms with E-state index in [9.17, 15) is 0 Å². The fourth-order valence-electron chi connectivity index (χ4n) is 2.20. The van der Waals surface area contributed by atoms with Gasteiger partial charge in [-0.25, -0.2) is 0 Å². The summed E-state index contributed by atoms with van der Waals surface area (Å²) in [4.78, 5) is 0. The van der Waals surface area contributed by atoms with Gasteiger partial charge >= 0.3 is 0 Å². The van der Waals surface area contributed by atoms with Crippen LogP contribution < -0.4 is 5.73 Å². The number of rotatable bonds is 4. The minimum absolute atomic E-state index is 0.584. The van der Waals surface area contributed by atoms with Gasteiger partial charge in [-0.15, -0.1) is 0 Å². The Morgan fingerprint density at radius 2 is 1.55 bits per heavy atom. The van der Waals surface area contributed by atoms with E-state index in [0.29, 0.717) is 6.54 Å². The van der Waals surface area contributed by atoms with E-state index >= 15 is 0 Å². The lowest BCUT2D eigenvalue weighted by molar-refractivity contribution is 0.687. The lowest BCUT2D eigenvalue weighted by Crippen LogP contribution is -2.01. The van der Waals surface area contributed by atoms with Gasteiger partial charge in [0, 0.05) is 18.3 Å². The highest BCUT2D eigenvalue weighted by molar-refractivity contribution is 5.61. The summed E-state index contributed by atoms with van der Waals surface area (Å²) in [7, 11) is 0. The molecule has 3 rings (SSSR count). The number of hydrogen-bond donors (Lipinski definition) is 1. The molecule has 2 N–H and O–H groups in total. The van der Waals surface area contributed by atoms with E-state index in [1.54, 1.807) is 0 Å². The van der Waals surface area contributed by atoms with Crippen molar-refractivity contribution in [1.29, 1.82) is 0 Å². The molecule has 0 aliphatic heterocycles. The highest BCUT2D eigenvalue weighted by atomic mass is 15.3. The number of hydrogen-bond acceptors (Lipinski definition) is 2. The molecular formula is C17H17N3. The van der Waals surface area contributed by atoms with E-state index in [-0.39, 0.29) is 0 Å². The molecule has 0 saturated heterocycles. The third-order valence-corrected chi connectivity index (χ3v) is 3.34. The molecular weight excluding hydrogens is 246 g/mol. The van der Waals surface area contributed by atoms with E-state index in [1.807, 2.05) is 29.1 Å². The largest absolute Gasteiger partial charge is 0.326 e. The average molecular weight is 263 g/mol. The monoisotopic (exact) mass is 263 g/mol. The normalized spacial score (nSPS) is 10.7. The van der Waals surface area contributed by atoms with Crippen LogP contribution in [0.2, 0.25) is 0 Å². The molecule has 3 nitrogen and oxygen atoms in total. The van der Waals surface area contributed by atoms with Crippen LogP contribution in [0.4, 0.5) is 0 Å². The molecule has 0 fully saturated rings. The predicted molar refractivity (Wildman–Crippen MR) is 81.1 cm³/mol. The summed E-state index contributed by atoms with van der Waals surface area (Å²) in [6, 6.07) is 18.6. The van der Waals surface area contributed by atoms with Crippen LogP contribution in [0.15, 0.2) is 67.0 Å². The number of aromatic nitrogens is 2. The summed E-state index contributed by atoms with van der Waals surface area (Å²) in [6.45, 7) is 1.36. The molecule has 100 valence electrons. The van der Waals surface area contributed by atoms with Crippen molar-refractivity contribution in [1.82, 2.24) is 9.78 Å². The summed E-state index contributed by atoms with van der Waals surface area (Å²) in [5.74, 6) is 0. The molecule has 3 heteroatoms. The molecule has 1 heterocycles. The van der Waals surface area contributed by atoms with Gasteiger partial charge in [0.05, 0.1) is 12.7 Å². The summed E-state index contributed by atoms with van der Waals surface area (Å²) in [5.41, 5.74) is 10.3. The number of benzene rings is 2. The maximum atomic E-state index is 5.60. The first-order valence-corrected chi connectivity index (χ1v) is 6.71. The maximum absolute atomic E-state index is 5.60. The van der Waals surface area contributed by atoms with Gasteiger partial charge in [-0.3, -0.25) is 4.68 Å². The molecule has 1 aromatic heterocycles. The summed E-state index contributed by atoms with van der Waals surface area (Å²) in [6.07, 6.45) is 3.98. The minimum atomic E-state index is 0.584. The van der Waals surface area contributed by atoms with Crippen LogP contribution in [-0.2, 0) is 13.1 Å². The molecule has 0 amide bonds. The lowest BCUT2D eigenvalue weighted by Gasteiger charge is -2.03. The van der Waals surface area contributed by atoms with Gasteiger partial charge in [-0.05, 0) is 16.7 Å². The predicted octanol–water partition coefficient (Wildman–Crippen LogP) is 3.06. The highest BCUT2D eigenvalue weighted by Gasteiger charge is 2.02. The fourth-order valence-corrected chi connectivity index (χ4v) is 2.20. The van der Waals surface area contributed by atoms with E-state index in [4.69, 9.17) is 5.73 Å². The SMILES string of the molecule is NCc1ccc(Cn2cc(-c3ccccc3)cn2)cc1. The van der Waals surface area contributed by atoms with Gasteiger partial charge in [0.2, 0.25) is 0 Å². The molecule has 3 aromatic rings. The highest BCUT2D eigenvalue weighted by Crippen LogP contribution is 2.18. The molecule has 2 aromatic carbocycles. The number of nitrogens with two attached hydrogens (primary N) is 1. The van der Waals surface area contributed by atoms with Crippen LogP contribution in [0.25, 0.3) is 11.1 Å². The minimum Gasteiger partial charge on any atom is -0.326 e. The summed E-state index contributed by atoms with van der Waals surface area (Å²) >= 11 is 0. The quantitative estimate of drug-likeness (QED) is 0.786. The second-order valence-electron chi connectivity index (χ2n) is 4.81. The Hall–Kier alpha value is -2.39. The standard InChI is InChI=1S/C17H17N3/c18-10-14-6-8-15(9-7-14)12-20-13-17(11-19-20)16-4-2-1-3-5-16/h1-9,11,13H,10,12,18H2. The molecule has 0 aliphatic carbocycles. The molecule has 0 bridgehead atoms. The second-order valence-corrected chi connectivity index (χ2v) is 4.81. The lowest BCUT2D eigenvalue weighted by atomic mass is 10.1. The Morgan fingerprint density at radius 1 is 0.850 bits per heavy atom. The molecule has 0 spiro atoms. The van der Waals surface area contributed by atoms with Crippen molar-refractivity contribution in [3.63, 3.8) is 0 Å². The Kier molecular flexibility index (Phi) is 3.61. The molecule has 0 atom stereocenters. The molecule has 0 saturated carbocycles. The summed E-state index contributed by atoms with van der Waals surface area (Å²) < 4.78 is 1.96. The van der Waals surface area contributed by atoms with Crippen molar-refractivity contribution in [3.8, 4) is 11.1 Å². The molecule has 20 heavy (non-hydrogen) atoms. The topological polar surface area (TPSA) is 43.8 Å². The first-order chi connectivity index (χ1) is 9.85. The first kappa shape index (κ1) is 12.6. The van der Waals surface area contributed by atoms with Crippen molar-refractivity contribution in [3.05, 3.63) is 78.1 Å². The zero-order valence-electron chi connectivity index (χ0n) is 11.2. The zero-order chi connectivity index (χ0) is 13.8.